The molecule has 0 aromatic heterocycles. The second-order valence-corrected chi connectivity index (χ2v) is 6.00. The highest BCUT2D eigenvalue weighted by atomic mass is 79.9. The van der Waals surface area contributed by atoms with E-state index in [0.717, 1.165) is 36.3 Å². The topological polar surface area (TPSA) is 59.4 Å². The van der Waals surface area contributed by atoms with Crippen molar-refractivity contribution < 1.29 is 4.79 Å². The van der Waals surface area contributed by atoms with E-state index >= 15 is 0 Å². The molecule has 1 aliphatic heterocycles. The monoisotopic (exact) mass is 350 g/mol. The van der Waals surface area contributed by atoms with E-state index in [0.29, 0.717) is 6.54 Å². The molecule has 0 aliphatic carbocycles. The lowest BCUT2D eigenvalue weighted by atomic mass is 10.2. The number of amides is 1. The zero-order valence-corrected chi connectivity index (χ0v) is 13.6. The van der Waals surface area contributed by atoms with Crippen molar-refractivity contribution in [3.05, 3.63) is 28.7 Å². The Bertz CT molecular complexity index is 535. The van der Waals surface area contributed by atoms with E-state index < -0.39 is 0 Å². The molecular weight excluding hydrogens is 332 g/mol. The van der Waals surface area contributed by atoms with Crippen LogP contribution in [0.15, 0.2) is 28.7 Å². The third-order valence-corrected chi connectivity index (χ3v) is 4.35. The first-order valence-electron chi connectivity index (χ1n) is 7.00. The van der Waals surface area contributed by atoms with Crippen molar-refractivity contribution in [1.82, 2.24) is 9.80 Å². The number of hydrogen-bond acceptors (Lipinski definition) is 4. The van der Waals surface area contributed by atoms with Crippen LogP contribution in [-0.4, -0.2) is 54.5 Å². The molecule has 21 heavy (non-hydrogen) atoms. The number of nitrogens with zero attached hydrogens (tertiary/aromatic N) is 3. The SMILES string of the molecule is CC(C#N)N1CCN(CC(=O)Nc2ccccc2Br)CC1. The lowest BCUT2D eigenvalue weighted by Gasteiger charge is -2.35. The summed E-state index contributed by atoms with van der Waals surface area (Å²) in [5.41, 5.74) is 0.791. The highest BCUT2D eigenvalue weighted by Gasteiger charge is 2.22. The van der Waals surface area contributed by atoms with Gasteiger partial charge in [0.2, 0.25) is 5.91 Å². The summed E-state index contributed by atoms with van der Waals surface area (Å²) < 4.78 is 0.881. The van der Waals surface area contributed by atoms with Gasteiger partial charge in [-0.15, -0.1) is 0 Å². The van der Waals surface area contributed by atoms with E-state index in [1.54, 1.807) is 0 Å². The predicted octanol–water partition coefficient (Wildman–Crippen LogP) is 1.92. The third-order valence-electron chi connectivity index (χ3n) is 3.66. The zero-order chi connectivity index (χ0) is 15.2. The van der Waals surface area contributed by atoms with Crippen LogP contribution in [0.1, 0.15) is 6.92 Å². The molecule has 1 fully saturated rings. The van der Waals surface area contributed by atoms with Gasteiger partial charge in [-0.25, -0.2) is 0 Å². The molecule has 1 atom stereocenters. The minimum Gasteiger partial charge on any atom is -0.324 e. The van der Waals surface area contributed by atoms with Gasteiger partial charge in [-0.2, -0.15) is 5.26 Å². The average Bonchev–Trinajstić information content (AvgIpc) is 2.49. The number of piperazine rings is 1. The number of halogens is 1. The summed E-state index contributed by atoms with van der Waals surface area (Å²) in [4.78, 5) is 16.3. The van der Waals surface area contributed by atoms with E-state index in [2.05, 4.69) is 37.1 Å². The maximum atomic E-state index is 12.1. The Labute approximate surface area is 133 Å². The average molecular weight is 351 g/mol. The van der Waals surface area contributed by atoms with Gasteiger partial charge in [0.25, 0.3) is 0 Å². The Hall–Kier alpha value is -1.42. The fourth-order valence-corrected chi connectivity index (χ4v) is 2.73. The predicted molar refractivity (Wildman–Crippen MR) is 85.9 cm³/mol. The number of nitriles is 1. The van der Waals surface area contributed by atoms with Gasteiger partial charge in [-0.3, -0.25) is 14.6 Å². The number of nitrogens with one attached hydrogen (secondary N) is 1. The minimum absolute atomic E-state index is 0.0105. The number of para-hydroxylation sites is 1. The lowest BCUT2D eigenvalue weighted by molar-refractivity contribution is -0.117. The van der Waals surface area contributed by atoms with Crippen molar-refractivity contribution in [3.63, 3.8) is 0 Å². The number of carbonyl (C=O) groups is 1. The normalized spacial score (nSPS) is 18.0. The van der Waals surface area contributed by atoms with Crippen LogP contribution < -0.4 is 5.32 Å². The highest BCUT2D eigenvalue weighted by molar-refractivity contribution is 9.10. The van der Waals surface area contributed by atoms with Gasteiger partial charge in [0, 0.05) is 30.7 Å². The molecule has 1 aromatic rings. The Morgan fingerprint density at radius 3 is 2.67 bits per heavy atom. The van der Waals surface area contributed by atoms with Crippen LogP contribution in [0.4, 0.5) is 5.69 Å². The van der Waals surface area contributed by atoms with Crippen molar-refractivity contribution in [3.8, 4) is 6.07 Å². The van der Waals surface area contributed by atoms with Crippen LogP contribution in [0.5, 0.6) is 0 Å². The molecule has 6 heteroatoms. The molecule has 0 spiro atoms. The summed E-state index contributed by atoms with van der Waals surface area (Å²) in [5, 5.41) is 11.8. The summed E-state index contributed by atoms with van der Waals surface area (Å²) in [6.07, 6.45) is 0. The van der Waals surface area contributed by atoms with E-state index in [9.17, 15) is 4.79 Å². The standard InChI is InChI=1S/C15H19BrN4O/c1-12(10-17)20-8-6-19(7-9-20)11-15(21)18-14-5-3-2-4-13(14)16/h2-5,12H,6-9,11H2,1H3,(H,18,21). The molecule has 1 aliphatic rings. The van der Waals surface area contributed by atoms with Crippen molar-refractivity contribution in [2.75, 3.05) is 38.0 Å². The molecule has 0 bridgehead atoms. The quantitative estimate of drug-likeness (QED) is 0.901. The summed E-state index contributed by atoms with van der Waals surface area (Å²) >= 11 is 3.42. The summed E-state index contributed by atoms with van der Waals surface area (Å²) in [6.45, 7) is 5.59. The molecule has 0 radical (unpaired) electrons. The number of rotatable bonds is 4. The Morgan fingerprint density at radius 1 is 1.38 bits per heavy atom. The fourth-order valence-electron chi connectivity index (χ4n) is 2.35. The molecule has 2 rings (SSSR count). The van der Waals surface area contributed by atoms with Gasteiger partial charge in [0.15, 0.2) is 0 Å². The maximum absolute atomic E-state index is 12.1. The van der Waals surface area contributed by atoms with E-state index in [1.165, 1.54) is 0 Å². The number of carbonyl (C=O) groups excluding carboxylic acids is 1. The van der Waals surface area contributed by atoms with Crippen LogP contribution >= 0.6 is 15.9 Å². The van der Waals surface area contributed by atoms with Crippen LogP contribution in [0, 0.1) is 11.3 Å². The fraction of sp³-hybridized carbons (Fsp3) is 0.467. The highest BCUT2D eigenvalue weighted by Crippen LogP contribution is 2.21. The first-order valence-corrected chi connectivity index (χ1v) is 7.80. The summed E-state index contributed by atoms with van der Waals surface area (Å²) in [5.74, 6) is -0.0105. The van der Waals surface area contributed by atoms with Gasteiger partial charge in [0.1, 0.15) is 0 Å². The van der Waals surface area contributed by atoms with Gasteiger partial charge in [-0.1, -0.05) is 12.1 Å². The Morgan fingerprint density at radius 2 is 2.05 bits per heavy atom. The first kappa shape index (κ1) is 16.0. The molecule has 1 heterocycles. The zero-order valence-electron chi connectivity index (χ0n) is 12.1. The molecule has 1 saturated heterocycles. The van der Waals surface area contributed by atoms with Crippen molar-refractivity contribution in [1.29, 1.82) is 5.26 Å². The van der Waals surface area contributed by atoms with Gasteiger partial charge < -0.3 is 5.32 Å². The van der Waals surface area contributed by atoms with Crippen molar-refractivity contribution in [2.24, 2.45) is 0 Å². The van der Waals surface area contributed by atoms with Gasteiger partial charge in [0.05, 0.1) is 24.3 Å². The molecule has 0 saturated carbocycles. The van der Waals surface area contributed by atoms with Crippen LogP contribution in [0.2, 0.25) is 0 Å². The first-order chi connectivity index (χ1) is 10.1. The third kappa shape index (κ3) is 4.53. The molecule has 112 valence electrons. The molecule has 1 N–H and O–H groups in total. The Kier molecular flexibility index (Phi) is 5.74. The maximum Gasteiger partial charge on any atom is 0.238 e. The summed E-state index contributed by atoms with van der Waals surface area (Å²) in [6, 6.07) is 9.77. The molecule has 1 amide bonds. The molecule has 1 unspecified atom stereocenters. The van der Waals surface area contributed by atoms with Crippen LogP contribution in [0.3, 0.4) is 0 Å². The second kappa shape index (κ2) is 7.55. The minimum atomic E-state index is -0.0544. The number of benzene rings is 1. The molecular formula is C15H19BrN4O. The van der Waals surface area contributed by atoms with E-state index in [4.69, 9.17) is 5.26 Å². The van der Waals surface area contributed by atoms with Crippen molar-refractivity contribution >= 4 is 27.5 Å². The number of anilines is 1. The summed E-state index contributed by atoms with van der Waals surface area (Å²) in [7, 11) is 0. The smallest absolute Gasteiger partial charge is 0.238 e. The number of hydrogen-bond donors (Lipinski definition) is 1. The van der Waals surface area contributed by atoms with E-state index in [1.807, 2.05) is 31.2 Å². The van der Waals surface area contributed by atoms with E-state index in [-0.39, 0.29) is 11.9 Å². The van der Waals surface area contributed by atoms with Crippen LogP contribution in [0.25, 0.3) is 0 Å². The lowest BCUT2D eigenvalue weighted by Crippen LogP contribution is -2.50. The largest absolute Gasteiger partial charge is 0.324 e. The van der Waals surface area contributed by atoms with Crippen molar-refractivity contribution in [2.45, 2.75) is 13.0 Å². The molecule has 1 aromatic carbocycles. The van der Waals surface area contributed by atoms with Gasteiger partial charge >= 0.3 is 0 Å². The Balaban J connectivity index is 1.80. The molecule has 5 nitrogen and oxygen atoms in total. The van der Waals surface area contributed by atoms with Gasteiger partial charge in [-0.05, 0) is 35.0 Å². The second-order valence-electron chi connectivity index (χ2n) is 5.15. The van der Waals surface area contributed by atoms with Crippen LogP contribution in [-0.2, 0) is 4.79 Å².